The third kappa shape index (κ3) is 4.53. The molecule has 1 aromatic carbocycles. The molecule has 0 amide bonds. The molecule has 1 fully saturated rings. The Hall–Kier alpha value is -1.55. The van der Waals surface area contributed by atoms with Crippen molar-refractivity contribution in [2.75, 3.05) is 33.9 Å². The normalized spacial score (nSPS) is 19.6. The maximum Gasteiger partial charge on any atom is 0.309 e. The van der Waals surface area contributed by atoms with E-state index in [1.54, 1.807) is 0 Å². The zero-order valence-corrected chi connectivity index (χ0v) is 12.3. The average Bonchev–Trinajstić information content (AvgIpc) is 2.46. The Bertz CT molecular complexity index is 430. The summed E-state index contributed by atoms with van der Waals surface area (Å²) in [4.78, 5) is 13.5. The van der Waals surface area contributed by atoms with Gasteiger partial charge in [0, 0.05) is 12.5 Å². The van der Waals surface area contributed by atoms with E-state index in [0.717, 1.165) is 24.5 Å². The molecule has 0 radical (unpaired) electrons. The van der Waals surface area contributed by atoms with E-state index in [1.807, 2.05) is 24.3 Å². The molecule has 1 aliphatic rings. The molecular formula is C16H23NO3. The maximum absolute atomic E-state index is 11.2. The van der Waals surface area contributed by atoms with Gasteiger partial charge in [0.05, 0.1) is 20.1 Å². The molecule has 0 spiro atoms. The van der Waals surface area contributed by atoms with Crippen LogP contribution in [0.4, 0.5) is 0 Å². The first-order chi connectivity index (χ1) is 9.67. The van der Waals surface area contributed by atoms with Gasteiger partial charge in [-0.05, 0) is 44.1 Å². The Labute approximate surface area is 120 Å². The minimum Gasteiger partial charge on any atom is -0.493 e. The van der Waals surface area contributed by atoms with Crippen molar-refractivity contribution >= 4 is 5.97 Å². The molecule has 1 saturated heterocycles. The maximum atomic E-state index is 11.2. The van der Waals surface area contributed by atoms with Gasteiger partial charge in [-0.2, -0.15) is 0 Å². The van der Waals surface area contributed by atoms with Crippen LogP contribution >= 0.6 is 0 Å². The van der Waals surface area contributed by atoms with E-state index in [4.69, 9.17) is 4.74 Å². The number of nitrogens with zero attached hydrogens (tertiary/aromatic N) is 1. The average molecular weight is 277 g/mol. The molecule has 0 saturated carbocycles. The number of rotatable bonds is 5. The topological polar surface area (TPSA) is 38.8 Å². The van der Waals surface area contributed by atoms with Gasteiger partial charge in [0.25, 0.3) is 0 Å². The van der Waals surface area contributed by atoms with Crippen LogP contribution in [-0.4, -0.2) is 44.7 Å². The first-order valence-corrected chi connectivity index (χ1v) is 7.14. The second-order valence-electron chi connectivity index (χ2n) is 5.48. The van der Waals surface area contributed by atoms with Crippen LogP contribution in [0.5, 0.6) is 5.75 Å². The van der Waals surface area contributed by atoms with Crippen molar-refractivity contribution in [2.24, 2.45) is 5.92 Å². The summed E-state index contributed by atoms with van der Waals surface area (Å²) in [5.41, 5.74) is 0.946. The highest BCUT2D eigenvalue weighted by molar-refractivity contribution is 5.72. The van der Waals surface area contributed by atoms with Gasteiger partial charge in [0.2, 0.25) is 0 Å². The number of esters is 1. The number of piperidine rings is 1. The van der Waals surface area contributed by atoms with Crippen LogP contribution in [0.3, 0.4) is 0 Å². The van der Waals surface area contributed by atoms with E-state index < -0.39 is 0 Å². The first kappa shape index (κ1) is 14.9. The summed E-state index contributed by atoms with van der Waals surface area (Å²) in [7, 11) is 3.56. The molecule has 110 valence electrons. The highest BCUT2D eigenvalue weighted by atomic mass is 16.5. The molecular weight excluding hydrogens is 254 g/mol. The summed E-state index contributed by atoms with van der Waals surface area (Å²) in [6.45, 7) is 3.07. The lowest BCUT2D eigenvalue weighted by Gasteiger charge is -2.29. The summed E-state index contributed by atoms with van der Waals surface area (Å²) in [5.74, 6) is 1.26. The van der Waals surface area contributed by atoms with Gasteiger partial charge in [-0.15, -0.1) is 0 Å². The predicted molar refractivity (Wildman–Crippen MR) is 77.9 cm³/mol. The van der Waals surface area contributed by atoms with Crippen molar-refractivity contribution in [3.8, 4) is 5.75 Å². The molecule has 0 aromatic heterocycles. The SMILES string of the molecule is COC(=O)Cc1ccc(OCC2CCCN(C)C2)cc1. The lowest BCUT2D eigenvalue weighted by atomic mass is 9.99. The van der Waals surface area contributed by atoms with E-state index >= 15 is 0 Å². The van der Waals surface area contributed by atoms with Crippen molar-refractivity contribution in [1.29, 1.82) is 0 Å². The molecule has 20 heavy (non-hydrogen) atoms. The minimum absolute atomic E-state index is 0.219. The largest absolute Gasteiger partial charge is 0.493 e. The fourth-order valence-corrected chi connectivity index (χ4v) is 2.57. The first-order valence-electron chi connectivity index (χ1n) is 7.14. The van der Waals surface area contributed by atoms with E-state index in [2.05, 4.69) is 16.7 Å². The second-order valence-corrected chi connectivity index (χ2v) is 5.48. The summed E-state index contributed by atoms with van der Waals surface area (Å²) >= 11 is 0. The minimum atomic E-state index is -0.219. The highest BCUT2D eigenvalue weighted by Gasteiger charge is 2.17. The van der Waals surface area contributed by atoms with Gasteiger partial charge in [0.1, 0.15) is 5.75 Å². The molecule has 0 bridgehead atoms. The van der Waals surface area contributed by atoms with Crippen LogP contribution in [0.15, 0.2) is 24.3 Å². The van der Waals surface area contributed by atoms with Gasteiger partial charge in [-0.1, -0.05) is 12.1 Å². The van der Waals surface area contributed by atoms with Crippen molar-refractivity contribution in [1.82, 2.24) is 4.90 Å². The van der Waals surface area contributed by atoms with Crippen LogP contribution < -0.4 is 4.74 Å². The fourth-order valence-electron chi connectivity index (χ4n) is 2.57. The molecule has 1 unspecified atom stereocenters. The van der Waals surface area contributed by atoms with Gasteiger partial charge < -0.3 is 14.4 Å². The van der Waals surface area contributed by atoms with Crippen LogP contribution in [-0.2, 0) is 16.0 Å². The molecule has 1 aromatic rings. The van der Waals surface area contributed by atoms with Crippen LogP contribution in [0.25, 0.3) is 0 Å². The highest BCUT2D eigenvalue weighted by Crippen LogP contribution is 2.18. The van der Waals surface area contributed by atoms with Crippen LogP contribution in [0.1, 0.15) is 18.4 Å². The molecule has 4 heteroatoms. The smallest absolute Gasteiger partial charge is 0.309 e. The van der Waals surface area contributed by atoms with Crippen LogP contribution in [0.2, 0.25) is 0 Å². The number of likely N-dealkylation sites (tertiary alicyclic amines) is 1. The second kappa shape index (κ2) is 7.29. The molecule has 1 heterocycles. The third-order valence-corrected chi connectivity index (χ3v) is 3.71. The zero-order valence-electron chi connectivity index (χ0n) is 12.3. The summed E-state index contributed by atoms with van der Waals surface area (Å²) < 4.78 is 10.5. The predicted octanol–water partition coefficient (Wildman–Crippen LogP) is 2.12. The Balaban J connectivity index is 1.80. The molecule has 1 atom stereocenters. The number of hydrogen-bond acceptors (Lipinski definition) is 4. The standard InChI is InChI=1S/C16H23NO3/c1-17-9-3-4-14(11-17)12-20-15-7-5-13(6-8-15)10-16(18)19-2/h5-8,14H,3-4,9-12H2,1-2H3. The summed E-state index contributed by atoms with van der Waals surface area (Å²) in [5, 5.41) is 0. The van der Waals surface area contributed by atoms with Crippen molar-refractivity contribution < 1.29 is 14.3 Å². The number of benzene rings is 1. The van der Waals surface area contributed by atoms with Crippen molar-refractivity contribution in [3.63, 3.8) is 0 Å². The number of methoxy groups -OCH3 is 1. The van der Waals surface area contributed by atoms with Gasteiger partial charge in [0.15, 0.2) is 0 Å². The van der Waals surface area contributed by atoms with E-state index in [-0.39, 0.29) is 5.97 Å². The number of hydrogen-bond donors (Lipinski definition) is 0. The molecule has 0 aliphatic carbocycles. The summed E-state index contributed by atoms with van der Waals surface area (Å²) in [6, 6.07) is 7.67. The van der Waals surface area contributed by atoms with Gasteiger partial charge >= 0.3 is 5.97 Å². The van der Waals surface area contributed by atoms with E-state index in [0.29, 0.717) is 12.3 Å². The van der Waals surface area contributed by atoms with E-state index in [1.165, 1.54) is 26.5 Å². The molecule has 0 N–H and O–H groups in total. The number of carbonyl (C=O) groups is 1. The Kier molecular flexibility index (Phi) is 5.41. The fraction of sp³-hybridized carbons (Fsp3) is 0.562. The Morgan fingerprint density at radius 2 is 2.10 bits per heavy atom. The van der Waals surface area contributed by atoms with E-state index in [9.17, 15) is 4.79 Å². The van der Waals surface area contributed by atoms with Crippen LogP contribution in [0, 0.1) is 5.92 Å². The summed E-state index contributed by atoms with van der Waals surface area (Å²) in [6.07, 6.45) is 2.80. The Morgan fingerprint density at radius 1 is 1.35 bits per heavy atom. The molecule has 1 aliphatic heterocycles. The van der Waals surface area contributed by atoms with Gasteiger partial charge in [-0.25, -0.2) is 0 Å². The number of carbonyl (C=O) groups excluding carboxylic acids is 1. The molecule has 4 nitrogen and oxygen atoms in total. The quantitative estimate of drug-likeness (QED) is 0.773. The molecule has 2 rings (SSSR count). The zero-order chi connectivity index (χ0) is 14.4. The van der Waals surface area contributed by atoms with Crippen molar-refractivity contribution in [2.45, 2.75) is 19.3 Å². The Morgan fingerprint density at radius 3 is 2.75 bits per heavy atom. The van der Waals surface area contributed by atoms with Crippen molar-refractivity contribution in [3.05, 3.63) is 29.8 Å². The monoisotopic (exact) mass is 277 g/mol. The van der Waals surface area contributed by atoms with Gasteiger partial charge in [-0.3, -0.25) is 4.79 Å². The lowest BCUT2D eigenvalue weighted by molar-refractivity contribution is -0.139. The lowest BCUT2D eigenvalue weighted by Crippen LogP contribution is -2.34. The number of ether oxygens (including phenoxy) is 2. The third-order valence-electron chi connectivity index (χ3n) is 3.71.